The molecule has 5 nitrogen and oxygen atoms in total. The molecule has 2 aromatic heterocycles. The van der Waals surface area contributed by atoms with E-state index in [0.29, 0.717) is 5.95 Å². The Kier molecular flexibility index (Phi) is 2.89. The summed E-state index contributed by atoms with van der Waals surface area (Å²) < 4.78 is 0. The van der Waals surface area contributed by atoms with Crippen LogP contribution in [0.2, 0.25) is 0 Å². The number of nitrogen functional groups attached to an aromatic ring is 1. The van der Waals surface area contributed by atoms with Gasteiger partial charge in [-0.2, -0.15) is 0 Å². The zero-order valence-electron chi connectivity index (χ0n) is 12.2. The molecule has 0 bridgehead atoms. The van der Waals surface area contributed by atoms with E-state index in [-0.39, 0.29) is 6.04 Å². The molecule has 5 heteroatoms. The lowest BCUT2D eigenvalue weighted by Gasteiger charge is -2.35. The Balaban J connectivity index is 1.81. The number of anilines is 1. The topological polar surface area (TPSA) is 67.9 Å². The van der Waals surface area contributed by atoms with Gasteiger partial charge in [-0.1, -0.05) is 6.92 Å². The minimum Gasteiger partial charge on any atom is -0.368 e. The van der Waals surface area contributed by atoms with Gasteiger partial charge in [-0.3, -0.25) is 9.88 Å². The molecule has 0 aromatic carbocycles. The zero-order valence-corrected chi connectivity index (χ0v) is 12.2. The minimum absolute atomic E-state index is 0.182. The molecule has 2 aliphatic rings. The molecular weight excluding hydrogens is 262 g/mol. The molecule has 2 N–H and O–H groups in total. The third-order valence-electron chi connectivity index (χ3n) is 4.72. The zero-order chi connectivity index (χ0) is 14.4. The van der Waals surface area contributed by atoms with E-state index in [1.807, 2.05) is 18.6 Å². The number of pyridine rings is 1. The molecule has 21 heavy (non-hydrogen) atoms. The Hall–Kier alpha value is -2.01. The predicted octanol–water partition coefficient (Wildman–Crippen LogP) is 2.26. The Morgan fingerprint density at radius 1 is 1.19 bits per heavy atom. The number of rotatable bonds is 1. The van der Waals surface area contributed by atoms with Crippen molar-refractivity contribution in [3.63, 3.8) is 0 Å². The van der Waals surface area contributed by atoms with Crippen LogP contribution < -0.4 is 5.73 Å². The van der Waals surface area contributed by atoms with E-state index in [1.54, 1.807) is 0 Å². The van der Waals surface area contributed by atoms with Crippen molar-refractivity contribution in [1.29, 1.82) is 0 Å². The smallest absolute Gasteiger partial charge is 0.220 e. The van der Waals surface area contributed by atoms with Crippen molar-refractivity contribution < 1.29 is 0 Å². The number of hydrogen-bond donors (Lipinski definition) is 1. The molecule has 108 valence electrons. The fraction of sp³-hybridized carbons (Fsp3) is 0.438. The summed E-state index contributed by atoms with van der Waals surface area (Å²) in [5.74, 6) is 1.16. The second-order valence-corrected chi connectivity index (χ2v) is 6.11. The second-order valence-electron chi connectivity index (χ2n) is 6.11. The first-order chi connectivity index (χ1) is 10.2. The number of likely N-dealkylation sites (tertiary alicyclic amines) is 1. The van der Waals surface area contributed by atoms with E-state index in [4.69, 9.17) is 5.73 Å². The van der Waals surface area contributed by atoms with Crippen molar-refractivity contribution in [3.8, 4) is 11.1 Å². The average molecular weight is 281 g/mol. The highest BCUT2D eigenvalue weighted by Crippen LogP contribution is 2.45. The van der Waals surface area contributed by atoms with Crippen molar-refractivity contribution in [2.24, 2.45) is 5.92 Å². The van der Waals surface area contributed by atoms with Crippen molar-refractivity contribution in [2.75, 3.05) is 18.8 Å². The molecule has 1 fully saturated rings. The Morgan fingerprint density at radius 2 is 2.00 bits per heavy atom. The Labute approximate surface area is 124 Å². The van der Waals surface area contributed by atoms with Gasteiger partial charge in [0.05, 0.1) is 11.7 Å². The first-order valence-electron chi connectivity index (χ1n) is 7.55. The van der Waals surface area contributed by atoms with Crippen molar-refractivity contribution >= 4 is 5.95 Å². The van der Waals surface area contributed by atoms with Gasteiger partial charge >= 0.3 is 0 Å². The SMILES string of the molecule is CC1CCN([C@@H]2c3cnccc3-c3cnc(N)nc32)CC1. The van der Waals surface area contributed by atoms with Gasteiger partial charge in [0.2, 0.25) is 5.95 Å². The van der Waals surface area contributed by atoms with E-state index >= 15 is 0 Å². The van der Waals surface area contributed by atoms with Gasteiger partial charge in [0.15, 0.2) is 0 Å². The standard InChI is InChI=1S/C16H19N5/c1-10-3-6-21(7-4-10)15-13-8-18-5-2-11(13)12-9-19-16(17)20-14(12)15/h2,5,8-10,15H,3-4,6-7H2,1H3,(H2,17,19,20)/t15-/m1/s1. The van der Waals surface area contributed by atoms with Crippen LogP contribution >= 0.6 is 0 Å². The maximum absolute atomic E-state index is 5.82. The number of nitrogens with two attached hydrogens (primary N) is 1. The quantitative estimate of drug-likeness (QED) is 0.868. The fourth-order valence-corrected chi connectivity index (χ4v) is 3.50. The maximum atomic E-state index is 5.82. The molecule has 0 radical (unpaired) electrons. The molecule has 1 aliphatic heterocycles. The number of piperidine rings is 1. The lowest BCUT2D eigenvalue weighted by atomic mass is 9.96. The summed E-state index contributed by atoms with van der Waals surface area (Å²) in [5, 5.41) is 0. The summed E-state index contributed by atoms with van der Waals surface area (Å²) in [6.07, 6.45) is 8.13. The number of hydrogen-bond acceptors (Lipinski definition) is 5. The normalized spacial score (nSPS) is 22.0. The van der Waals surface area contributed by atoms with E-state index in [1.165, 1.54) is 24.0 Å². The van der Waals surface area contributed by atoms with Crippen LogP contribution in [0.15, 0.2) is 24.7 Å². The van der Waals surface area contributed by atoms with Crippen LogP contribution in [-0.4, -0.2) is 32.9 Å². The van der Waals surface area contributed by atoms with E-state index < -0.39 is 0 Å². The van der Waals surface area contributed by atoms with Crippen LogP contribution in [0.1, 0.15) is 37.1 Å². The van der Waals surface area contributed by atoms with Crippen LogP contribution in [0.5, 0.6) is 0 Å². The van der Waals surface area contributed by atoms with Crippen molar-refractivity contribution in [1.82, 2.24) is 19.9 Å². The van der Waals surface area contributed by atoms with Gasteiger partial charge in [-0.15, -0.1) is 0 Å². The van der Waals surface area contributed by atoms with Gasteiger partial charge in [-0.05, 0) is 43.5 Å². The molecule has 0 spiro atoms. The number of fused-ring (bicyclic) bond motifs is 3. The fourth-order valence-electron chi connectivity index (χ4n) is 3.50. The van der Waals surface area contributed by atoms with Crippen LogP contribution in [0.4, 0.5) is 5.95 Å². The van der Waals surface area contributed by atoms with Crippen molar-refractivity contribution in [3.05, 3.63) is 35.9 Å². The van der Waals surface area contributed by atoms with Crippen LogP contribution in [-0.2, 0) is 0 Å². The molecule has 0 saturated carbocycles. The number of aromatic nitrogens is 3. The van der Waals surface area contributed by atoms with Gasteiger partial charge in [-0.25, -0.2) is 9.97 Å². The first-order valence-corrected chi connectivity index (χ1v) is 7.55. The summed E-state index contributed by atoms with van der Waals surface area (Å²) in [7, 11) is 0. The van der Waals surface area contributed by atoms with Gasteiger partial charge in [0.1, 0.15) is 0 Å². The highest BCUT2D eigenvalue weighted by atomic mass is 15.2. The van der Waals surface area contributed by atoms with Crippen LogP contribution in [0.25, 0.3) is 11.1 Å². The first kappa shape index (κ1) is 12.7. The van der Waals surface area contributed by atoms with E-state index in [9.17, 15) is 0 Å². The third kappa shape index (κ3) is 2.00. The summed E-state index contributed by atoms with van der Waals surface area (Å²) in [4.78, 5) is 15.5. The van der Waals surface area contributed by atoms with Gasteiger partial charge < -0.3 is 5.73 Å². The van der Waals surface area contributed by atoms with E-state index in [0.717, 1.165) is 30.3 Å². The number of nitrogens with zero attached hydrogens (tertiary/aromatic N) is 4. The Bertz CT molecular complexity index is 676. The maximum Gasteiger partial charge on any atom is 0.220 e. The molecule has 2 aromatic rings. The Morgan fingerprint density at radius 3 is 2.81 bits per heavy atom. The molecule has 0 amide bonds. The highest BCUT2D eigenvalue weighted by Gasteiger charge is 2.36. The molecule has 3 heterocycles. The van der Waals surface area contributed by atoms with Crippen molar-refractivity contribution in [2.45, 2.75) is 25.8 Å². The summed E-state index contributed by atoms with van der Waals surface area (Å²) >= 11 is 0. The predicted molar refractivity (Wildman–Crippen MR) is 81.5 cm³/mol. The monoisotopic (exact) mass is 281 g/mol. The highest BCUT2D eigenvalue weighted by molar-refractivity contribution is 5.76. The lowest BCUT2D eigenvalue weighted by molar-refractivity contribution is 0.157. The van der Waals surface area contributed by atoms with E-state index in [2.05, 4.69) is 32.8 Å². The van der Waals surface area contributed by atoms with Gasteiger partial charge in [0.25, 0.3) is 0 Å². The van der Waals surface area contributed by atoms with Crippen LogP contribution in [0.3, 0.4) is 0 Å². The molecule has 4 rings (SSSR count). The summed E-state index contributed by atoms with van der Waals surface area (Å²) in [6, 6.07) is 2.24. The third-order valence-corrected chi connectivity index (χ3v) is 4.72. The molecule has 0 unspecified atom stereocenters. The summed E-state index contributed by atoms with van der Waals surface area (Å²) in [5.41, 5.74) is 10.4. The molecule has 1 atom stereocenters. The summed E-state index contributed by atoms with van der Waals surface area (Å²) in [6.45, 7) is 4.53. The van der Waals surface area contributed by atoms with Gasteiger partial charge in [0, 0.05) is 29.7 Å². The average Bonchev–Trinajstić information content (AvgIpc) is 2.82. The second kappa shape index (κ2) is 4.77. The lowest BCUT2D eigenvalue weighted by Crippen LogP contribution is -2.36. The molecule has 1 aliphatic carbocycles. The molecular formula is C16H19N5. The molecule has 1 saturated heterocycles. The minimum atomic E-state index is 0.182. The van der Waals surface area contributed by atoms with Crippen LogP contribution in [0, 0.1) is 5.92 Å². The largest absolute Gasteiger partial charge is 0.368 e.